The van der Waals surface area contributed by atoms with E-state index >= 15 is 0 Å². The molecule has 2 aromatic carbocycles. The maximum absolute atomic E-state index is 14.3. The Hall–Kier alpha value is -2.12. The molecule has 0 amide bonds. The summed E-state index contributed by atoms with van der Waals surface area (Å²) in [7, 11) is -2.25. The first-order chi connectivity index (χ1) is 12.0. The van der Waals surface area contributed by atoms with E-state index < -0.39 is 15.8 Å². The van der Waals surface area contributed by atoms with Gasteiger partial charge in [0, 0.05) is 13.7 Å². The van der Waals surface area contributed by atoms with Crippen molar-refractivity contribution in [3.8, 4) is 5.75 Å². The summed E-state index contributed by atoms with van der Waals surface area (Å²) in [5.74, 6) is 0.0431. The molecule has 0 saturated carbocycles. The summed E-state index contributed by atoms with van der Waals surface area (Å²) in [6.07, 6.45) is 1.33. The van der Waals surface area contributed by atoms with E-state index in [9.17, 15) is 12.8 Å². The van der Waals surface area contributed by atoms with Crippen LogP contribution in [0.15, 0.2) is 47.4 Å². The molecule has 1 aliphatic heterocycles. The van der Waals surface area contributed by atoms with Crippen molar-refractivity contribution in [1.82, 2.24) is 0 Å². The molecular formula is C18H20FNO4S. The monoisotopic (exact) mass is 365 g/mol. The Bertz CT molecular complexity index is 837. The lowest BCUT2D eigenvalue weighted by Gasteiger charge is -2.30. The van der Waals surface area contributed by atoms with Gasteiger partial charge in [0.2, 0.25) is 0 Å². The summed E-state index contributed by atoms with van der Waals surface area (Å²) in [6.45, 7) is 1.10. The molecule has 1 heterocycles. The Morgan fingerprint density at radius 1 is 1.12 bits per heavy atom. The maximum atomic E-state index is 14.3. The van der Waals surface area contributed by atoms with Crippen LogP contribution in [0.5, 0.6) is 5.75 Å². The number of halogens is 1. The number of ether oxygens (including phenoxy) is 2. The summed E-state index contributed by atoms with van der Waals surface area (Å²) >= 11 is 0. The normalized spacial score (nSPS) is 14.2. The van der Waals surface area contributed by atoms with Crippen LogP contribution < -0.4 is 9.04 Å². The lowest BCUT2D eigenvalue weighted by Crippen LogP contribution is -2.36. The van der Waals surface area contributed by atoms with E-state index in [0.717, 1.165) is 0 Å². The highest BCUT2D eigenvalue weighted by Gasteiger charge is 2.31. The van der Waals surface area contributed by atoms with Gasteiger partial charge in [0.1, 0.15) is 18.2 Å². The van der Waals surface area contributed by atoms with Gasteiger partial charge in [-0.15, -0.1) is 0 Å². The lowest BCUT2D eigenvalue weighted by atomic mass is 10.0. The molecular weight excluding hydrogens is 345 g/mol. The Morgan fingerprint density at radius 3 is 2.60 bits per heavy atom. The van der Waals surface area contributed by atoms with E-state index in [0.29, 0.717) is 37.4 Å². The van der Waals surface area contributed by atoms with Gasteiger partial charge in [-0.05, 0) is 48.7 Å². The number of sulfonamides is 1. The molecule has 2 aromatic rings. The van der Waals surface area contributed by atoms with E-state index in [1.54, 1.807) is 31.4 Å². The number of hydrogen-bond acceptors (Lipinski definition) is 4. The van der Waals surface area contributed by atoms with Crippen LogP contribution in [0.2, 0.25) is 0 Å². The molecule has 0 aliphatic carbocycles. The van der Waals surface area contributed by atoms with Crippen molar-refractivity contribution in [1.29, 1.82) is 0 Å². The minimum atomic E-state index is -3.83. The van der Waals surface area contributed by atoms with Crippen molar-refractivity contribution in [3.05, 3.63) is 53.8 Å². The Kier molecular flexibility index (Phi) is 5.24. The smallest absolute Gasteiger partial charge is 0.264 e. The van der Waals surface area contributed by atoms with Gasteiger partial charge in [0.15, 0.2) is 0 Å². The largest absolute Gasteiger partial charge is 0.491 e. The summed E-state index contributed by atoms with van der Waals surface area (Å²) in [6, 6.07) is 10.8. The van der Waals surface area contributed by atoms with Crippen LogP contribution >= 0.6 is 0 Å². The van der Waals surface area contributed by atoms with Gasteiger partial charge in [-0.2, -0.15) is 0 Å². The van der Waals surface area contributed by atoms with E-state index in [1.165, 1.54) is 22.5 Å². The summed E-state index contributed by atoms with van der Waals surface area (Å²) in [5, 5.41) is 0. The Morgan fingerprint density at radius 2 is 1.88 bits per heavy atom. The summed E-state index contributed by atoms with van der Waals surface area (Å²) < 4.78 is 51.7. The van der Waals surface area contributed by atoms with Crippen LogP contribution in [0.4, 0.5) is 10.1 Å². The molecule has 1 aliphatic rings. The van der Waals surface area contributed by atoms with Gasteiger partial charge in [0.25, 0.3) is 10.0 Å². The fraction of sp³-hybridized carbons (Fsp3) is 0.333. The first-order valence-electron chi connectivity index (χ1n) is 8.06. The van der Waals surface area contributed by atoms with E-state index in [2.05, 4.69) is 0 Å². The van der Waals surface area contributed by atoms with Crippen molar-refractivity contribution in [2.75, 3.05) is 31.2 Å². The molecule has 0 unspecified atom stereocenters. The lowest BCUT2D eigenvalue weighted by molar-refractivity contribution is 0.146. The number of hydrogen-bond donors (Lipinski definition) is 0. The highest BCUT2D eigenvalue weighted by Crippen LogP contribution is 2.34. The van der Waals surface area contributed by atoms with Gasteiger partial charge in [0.05, 0.1) is 17.2 Å². The topological polar surface area (TPSA) is 55.8 Å². The second kappa shape index (κ2) is 7.41. The van der Waals surface area contributed by atoms with Crippen LogP contribution in [0.3, 0.4) is 0 Å². The first-order valence-corrected chi connectivity index (χ1v) is 9.50. The van der Waals surface area contributed by atoms with Crippen LogP contribution in [-0.2, 0) is 21.2 Å². The third kappa shape index (κ3) is 3.62. The number of para-hydroxylation sites is 1. The molecule has 134 valence electrons. The maximum Gasteiger partial charge on any atom is 0.264 e. The molecule has 0 aromatic heterocycles. The molecule has 0 spiro atoms. The molecule has 0 fully saturated rings. The van der Waals surface area contributed by atoms with Gasteiger partial charge in [-0.1, -0.05) is 12.1 Å². The van der Waals surface area contributed by atoms with Crippen molar-refractivity contribution in [2.24, 2.45) is 0 Å². The fourth-order valence-corrected chi connectivity index (χ4v) is 4.43. The fourth-order valence-electron chi connectivity index (χ4n) is 2.88. The second-order valence-corrected chi connectivity index (χ2v) is 7.60. The zero-order valence-corrected chi connectivity index (χ0v) is 14.8. The van der Waals surface area contributed by atoms with E-state index in [-0.39, 0.29) is 17.1 Å². The van der Waals surface area contributed by atoms with Crippen LogP contribution in [0.25, 0.3) is 0 Å². The number of aryl methyl sites for hydroxylation is 1. The average molecular weight is 365 g/mol. The SMILES string of the molecule is COCCOc1ccc(S(=O)(=O)N2CCCc3cccc(F)c32)cc1. The Labute approximate surface area is 147 Å². The predicted molar refractivity (Wildman–Crippen MR) is 93.1 cm³/mol. The zero-order chi connectivity index (χ0) is 17.9. The van der Waals surface area contributed by atoms with E-state index in [1.807, 2.05) is 0 Å². The van der Waals surface area contributed by atoms with Crippen LogP contribution in [0, 0.1) is 5.82 Å². The number of nitrogens with zero attached hydrogens (tertiary/aromatic N) is 1. The molecule has 0 radical (unpaired) electrons. The standard InChI is InChI=1S/C18H20FNO4S/c1-23-12-13-24-15-7-9-16(10-8-15)25(21,22)20-11-3-5-14-4-2-6-17(19)18(14)20/h2,4,6-10H,3,5,11-13H2,1H3. The molecule has 0 saturated heterocycles. The molecule has 0 N–H and O–H groups in total. The molecule has 5 nitrogen and oxygen atoms in total. The first kappa shape index (κ1) is 17.7. The quantitative estimate of drug-likeness (QED) is 0.739. The predicted octanol–water partition coefficient (Wildman–Crippen LogP) is 2.99. The molecule has 3 rings (SSSR count). The molecule has 0 atom stereocenters. The van der Waals surface area contributed by atoms with Crippen molar-refractivity contribution in [3.63, 3.8) is 0 Å². The number of methoxy groups -OCH3 is 1. The summed E-state index contributed by atoms with van der Waals surface area (Å²) in [4.78, 5) is 0.114. The van der Waals surface area contributed by atoms with Crippen LogP contribution in [-0.4, -0.2) is 35.3 Å². The minimum absolute atomic E-state index is 0.114. The zero-order valence-electron chi connectivity index (χ0n) is 13.9. The van der Waals surface area contributed by atoms with Gasteiger partial charge < -0.3 is 9.47 Å². The van der Waals surface area contributed by atoms with Crippen LogP contribution in [0.1, 0.15) is 12.0 Å². The highest BCUT2D eigenvalue weighted by atomic mass is 32.2. The van der Waals surface area contributed by atoms with Gasteiger partial charge in [-0.3, -0.25) is 4.31 Å². The molecule has 25 heavy (non-hydrogen) atoms. The number of rotatable bonds is 6. The van der Waals surface area contributed by atoms with Gasteiger partial charge in [-0.25, -0.2) is 12.8 Å². The third-order valence-corrected chi connectivity index (χ3v) is 5.91. The average Bonchev–Trinajstić information content (AvgIpc) is 2.62. The molecule has 0 bridgehead atoms. The highest BCUT2D eigenvalue weighted by molar-refractivity contribution is 7.92. The van der Waals surface area contributed by atoms with Crippen molar-refractivity contribution in [2.45, 2.75) is 17.7 Å². The number of fused-ring (bicyclic) bond motifs is 1. The van der Waals surface area contributed by atoms with Crippen molar-refractivity contribution < 1.29 is 22.3 Å². The Balaban J connectivity index is 1.88. The second-order valence-electron chi connectivity index (χ2n) is 5.74. The minimum Gasteiger partial charge on any atom is -0.491 e. The van der Waals surface area contributed by atoms with Gasteiger partial charge >= 0.3 is 0 Å². The number of anilines is 1. The molecule has 7 heteroatoms. The third-order valence-electron chi connectivity index (χ3n) is 4.09. The van der Waals surface area contributed by atoms with Crippen molar-refractivity contribution >= 4 is 15.7 Å². The van der Waals surface area contributed by atoms with E-state index in [4.69, 9.17) is 9.47 Å². The summed E-state index contributed by atoms with van der Waals surface area (Å²) in [5.41, 5.74) is 0.878. The number of benzene rings is 2.